The van der Waals surface area contributed by atoms with Gasteiger partial charge in [0.25, 0.3) is 0 Å². The van der Waals surface area contributed by atoms with Gasteiger partial charge in [-0.25, -0.2) is 9.59 Å². The summed E-state index contributed by atoms with van der Waals surface area (Å²) in [6.45, 7) is 6.15. The van der Waals surface area contributed by atoms with E-state index < -0.39 is 0 Å². The van der Waals surface area contributed by atoms with E-state index >= 15 is 0 Å². The van der Waals surface area contributed by atoms with Gasteiger partial charge in [0.2, 0.25) is 0 Å². The van der Waals surface area contributed by atoms with E-state index in [4.69, 9.17) is 0 Å². The van der Waals surface area contributed by atoms with Crippen molar-refractivity contribution >= 4 is 12.1 Å². The fraction of sp³-hybridized carbons (Fsp3) is 0.636. The average Bonchev–Trinajstić information content (AvgIpc) is 2.29. The molecule has 0 radical (unpaired) electrons. The van der Waals surface area contributed by atoms with Crippen LogP contribution in [0.1, 0.15) is 12.8 Å². The summed E-state index contributed by atoms with van der Waals surface area (Å²) in [5, 5.41) is 5.34. The van der Waals surface area contributed by atoms with Crippen LogP contribution in [0.15, 0.2) is 12.3 Å². The molecule has 2 rings (SSSR count). The largest absolute Gasteiger partial charge is 0.338 e. The van der Waals surface area contributed by atoms with Gasteiger partial charge in [-0.1, -0.05) is 6.58 Å². The molecule has 2 aliphatic rings. The maximum atomic E-state index is 10.8. The highest BCUT2D eigenvalue weighted by atomic mass is 16.2. The minimum Gasteiger partial charge on any atom is -0.338 e. The molecule has 0 atom stereocenters. The number of hydrogen-bond donors (Lipinski definition) is 2. The van der Waals surface area contributed by atoms with Gasteiger partial charge in [0, 0.05) is 45.8 Å². The normalized spacial score (nSPS) is 20.2. The van der Waals surface area contributed by atoms with Crippen molar-refractivity contribution in [2.75, 3.05) is 33.7 Å². The van der Waals surface area contributed by atoms with Crippen molar-refractivity contribution in [2.24, 2.45) is 0 Å². The number of nitrogens with one attached hydrogen (secondary N) is 2. The van der Waals surface area contributed by atoms with Crippen LogP contribution in [-0.4, -0.2) is 55.6 Å². The van der Waals surface area contributed by atoms with Crippen molar-refractivity contribution in [3.05, 3.63) is 12.3 Å². The molecular formula is C11H20N4O2. The molecule has 2 aliphatic heterocycles. The maximum Gasteiger partial charge on any atom is 0.321 e. The van der Waals surface area contributed by atoms with Gasteiger partial charge in [0.1, 0.15) is 0 Å². The predicted octanol–water partition coefficient (Wildman–Crippen LogP) is 0.577. The highest BCUT2D eigenvalue weighted by Crippen LogP contribution is 2.02. The molecule has 2 heterocycles. The van der Waals surface area contributed by atoms with Crippen molar-refractivity contribution in [1.29, 1.82) is 0 Å². The lowest BCUT2D eigenvalue weighted by molar-refractivity contribution is 0.198. The quantitative estimate of drug-likeness (QED) is 0.650. The summed E-state index contributed by atoms with van der Waals surface area (Å²) < 4.78 is 0. The van der Waals surface area contributed by atoms with Crippen LogP contribution in [-0.2, 0) is 0 Å². The smallest absolute Gasteiger partial charge is 0.321 e. The Balaban J connectivity index is 0.000000171. The second-order valence-electron chi connectivity index (χ2n) is 4.21. The molecule has 4 amide bonds. The van der Waals surface area contributed by atoms with E-state index in [9.17, 15) is 9.59 Å². The van der Waals surface area contributed by atoms with Crippen molar-refractivity contribution in [1.82, 2.24) is 20.4 Å². The van der Waals surface area contributed by atoms with Gasteiger partial charge in [0.05, 0.1) is 0 Å². The van der Waals surface area contributed by atoms with Crippen molar-refractivity contribution in [2.45, 2.75) is 12.8 Å². The fourth-order valence-corrected chi connectivity index (χ4v) is 1.46. The Morgan fingerprint density at radius 2 is 1.76 bits per heavy atom. The number of carbonyl (C=O) groups is 2. The molecule has 2 N–H and O–H groups in total. The second kappa shape index (κ2) is 6.12. The lowest BCUT2D eigenvalue weighted by atomic mass is 10.3. The molecule has 6 heteroatoms. The van der Waals surface area contributed by atoms with Crippen LogP contribution in [0.2, 0.25) is 0 Å². The van der Waals surface area contributed by atoms with E-state index in [1.165, 1.54) is 0 Å². The first-order chi connectivity index (χ1) is 8.00. The number of hydrogen-bond acceptors (Lipinski definition) is 2. The van der Waals surface area contributed by atoms with Crippen LogP contribution in [0.5, 0.6) is 0 Å². The molecule has 96 valence electrons. The Morgan fingerprint density at radius 1 is 1.12 bits per heavy atom. The fourth-order valence-electron chi connectivity index (χ4n) is 1.46. The lowest BCUT2D eigenvalue weighted by Gasteiger charge is -2.24. The van der Waals surface area contributed by atoms with Crippen molar-refractivity contribution in [3.63, 3.8) is 0 Å². The minimum absolute atomic E-state index is 0.0498. The summed E-state index contributed by atoms with van der Waals surface area (Å²) in [5.41, 5.74) is 0.818. The molecule has 0 aromatic carbocycles. The number of carbonyl (C=O) groups excluding carboxylic acids is 2. The number of amides is 4. The summed E-state index contributed by atoms with van der Waals surface area (Å²) >= 11 is 0. The maximum absolute atomic E-state index is 10.8. The van der Waals surface area contributed by atoms with Crippen LogP contribution in [0.4, 0.5) is 9.59 Å². The summed E-state index contributed by atoms with van der Waals surface area (Å²) in [6.07, 6.45) is 1.94. The zero-order valence-corrected chi connectivity index (χ0v) is 10.5. The molecule has 0 unspecified atom stereocenters. The van der Waals surface area contributed by atoms with E-state index in [-0.39, 0.29) is 12.1 Å². The van der Waals surface area contributed by atoms with Crippen LogP contribution in [0, 0.1) is 0 Å². The molecular weight excluding hydrogens is 220 g/mol. The zero-order chi connectivity index (χ0) is 12.8. The van der Waals surface area contributed by atoms with E-state index in [0.717, 1.165) is 38.2 Å². The highest BCUT2D eigenvalue weighted by Gasteiger charge is 2.14. The van der Waals surface area contributed by atoms with E-state index in [1.54, 1.807) is 23.9 Å². The predicted molar refractivity (Wildman–Crippen MR) is 65.6 cm³/mol. The Morgan fingerprint density at radius 3 is 2.18 bits per heavy atom. The molecule has 0 spiro atoms. The minimum atomic E-state index is -0.0498. The average molecular weight is 240 g/mol. The van der Waals surface area contributed by atoms with Gasteiger partial charge >= 0.3 is 12.1 Å². The van der Waals surface area contributed by atoms with Gasteiger partial charge in [-0.05, 0) is 6.42 Å². The summed E-state index contributed by atoms with van der Waals surface area (Å²) in [7, 11) is 3.57. The van der Waals surface area contributed by atoms with Gasteiger partial charge in [-0.3, -0.25) is 0 Å². The molecule has 0 bridgehead atoms. The van der Waals surface area contributed by atoms with Crippen LogP contribution >= 0.6 is 0 Å². The van der Waals surface area contributed by atoms with Gasteiger partial charge in [-0.2, -0.15) is 0 Å². The number of rotatable bonds is 0. The molecule has 0 aliphatic carbocycles. The van der Waals surface area contributed by atoms with E-state index in [1.807, 2.05) is 0 Å². The molecule has 17 heavy (non-hydrogen) atoms. The van der Waals surface area contributed by atoms with Gasteiger partial charge < -0.3 is 20.4 Å². The topological polar surface area (TPSA) is 64.7 Å². The SMILES string of the molecule is C=C1CCN(C)C(=O)N1.CN1CCCNC1=O. The molecule has 2 fully saturated rings. The molecule has 2 saturated heterocycles. The number of nitrogens with zero attached hydrogens (tertiary/aromatic N) is 2. The summed E-state index contributed by atoms with van der Waals surface area (Å²) in [4.78, 5) is 24.7. The molecule has 6 nitrogen and oxygen atoms in total. The van der Waals surface area contributed by atoms with Crippen LogP contribution in [0.25, 0.3) is 0 Å². The summed E-state index contributed by atoms with van der Waals surface area (Å²) in [5.74, 6) is 0. The van der Waals surface area contributed by atoms with Crippen molar-refractivity contribution < 1.29 is 9.59 Å². The second-order valence-corrected chi connectivity index (χ2v) is 4.21. The van der Waals surface area contributed by atoms with E-state index in [2.05, 4.69) is 17.2 Å². The lowest BCUT2D eigenvalue weighted by Crippen LogP contribution is -2.43. The first-order valence-corrected chi connectivity index (χ1v) is 5.69. The third-order valence-corrected chi connectivity index (χ3v) is 2.67. The van der Waals surface area contributed by atoms with E-state index in [0.29, 0.717) is 0 Å². The first kappa shape index (κ1) is 13.3. The monoisotopic (exact) mass is 240 g/mol. The Hall–Kier alpha value is -1.72. The highest BCUT2D eigenvalue weighted by molar-refractivity contribution is 5.76. The standard InChI is InChI=1S/C6H10N2O.C5H10N2O/c1-5-3-4-8(2)6(9)7-5;1-7-4-2-3-6-5(7)8/h1,3-4H2,2H3,(H,7,9);2-4H2,1H3,(H,6,8). The Bertz CT molecular complexity index is 317. The van der Waals surface area contributed by atoms with Gasteiger partial charge in [0.15, 0.2) is 0 Å². The zero-order valence-electron chi connectivity index (χ0n) is 10.5. The molecule has 0 aromatic heterocycles. The Labute approximate surface area is 102 Å². The third kappa shape index (κ3) is 4.34. The third-order valence-electron chi connectivity index (χ3n) is 2.67. The van der Waals surface area contributed by atoms with Gasteiger partial charge in [-0.15, -0.1) is 0 Å². The van der Waals surface area contributed by atoms with Crippen LogP contribution < -0.4 is 10.6 Å². The molecule has 0 saturated carbocycles. The van der Waals surface area contributed by atoms with Crippen molar-refractivity contribution in [3.8, 4) is 0 Å². The summed E-state index contributed by atoms with van der Waals surface area (Å²) in [6, 6.07) is 0.00231. The van der Waals surface area contributed by atoms with Crippen LogP contribution in [0.3, 0.4) is 0 Å². The first-order valence-electron chi connectivity index (χ1n) is 5.69. The molecule has 0 aromatic rings. The Kier molecular flexibility index (Phi) is 4.81. The number of urea groups is 2.